The molecule has 2 saturated heterocycles. The molecule has 4 atom stereocenters. The van der Waals surface area contributed by atoms with Gasteiger partial charge in [-0.25, -0.2) is 9.59 Å². The fourth-order valence-electron chi connectivity index (χ4n) is 8.13. The molecule has 8 nitrogen and oxygen atoms in total. The van der Waals surface area contributed by atoms with Crippen LogP contribution in [-0.2, 0) is 20.3 Å². The van der Waals surface area contributed by atoms with E-state index in [1.165, 1.54) is 0 Å². The molecule has 8 heteroatoms. The highest BCUT2D eigenvalue weighted by atomic mass is 16.6. The SMILES string of the molecule is CN1CC[C@@]2([C@]34CCN(C)[C@H]3N(C(=O)OC(C)(C)C)c3ccccc34)c3ccccc3N(C(=O)OC(C)(C)C)[C@@H]12. The van der Waals surface area contributed by atoms with Crippen molar-refractivity contribution >= 4 is 23.6 Å². The highest BCUT2D eigenvalue weighted by Crippen LogP contribution is 2.68. The van der Waals surface area contributed by atoms with E-state index >= 15 is 0 Å². The van der Waals surface area contributed by atoms with Crippen LogP contribution in [0.15, 0.2) is 48.5 Å². The van der Waals surface area contributed by atoms with Gasteiger partial charge in [-0.1, -0.05) is 36.4 Å². The Kier molecular flexibility index (Phi) is 5.89. The van der Waals surface area contributed by atoms with Crippen molar-refractivity contribution < 1.29 is 19.1 Å². The van der Waals surface area contributed by atoms with E-state index in [0.717, 1.165) is 48.4 Å². The van der Waals surface area contributed by atoms with Crippen molar-refractivity contribution in [2.75, 3.05) is 37.0 Å². The molecule has 2 fully saturated rings. The summed E-state index contributed by atoms with van der Waals surface area (Å²) in [7, 11) is 4.21. The molecule has 6 rings (SSSR count). The van der Waals surface area contributed by atoms with Gasteiger partial charge in [-0.15, -0.1) is 0 Å². The van der Waals surface area contributed by atoms with Crippen LogP contribution >= 0.6 is 0 Å². The van der Waals surface area contributed by atoms with Gasteiger partial charge in [0.05, 0.1) is 11.4 Å². The number of ether oxygens (including phenoxy) is 2. The lowest BCUT2D eigenvalue weighted by atomic mass is 9.55. The predicted molar refractivity (Wildman–Crippen MR) is 156 cm³/mol. The highest BCUT2D eigenvalue weighted by molar-refractivity contribution is 5.96. The average Bonchev–Trinajstić information content (AvgIpc) is 3.54. The third kappa shape index (κ3) is 3.58. The smallest absolute Gasteiger partial charge is 0.416 e. The summed E-state index contributed by atoms with van der Waals surface area (Å²) in [4.78, 5) is 36.3. The average molecular weight is 547 g/mol. The summed E-state index contributed by atoms with van der Waals surface area (Å²) >= 11 is 0. The summed E-state index contributed by atoms with van der Waals surface area (Å²) < 4.78 is 12.0. The van der Waals surface area contributed by atoms with Gasteiger partial charge in [0.1, 0.15) is 23.5 Å². The molecule has 0 radical (unpaired) electrons. The molecular weight excluding hydrogens is 504 g/mol. The molecule has 0 unspecified atom stereocenters. The largest absolute Gasteiger partial charge is 0.443 e. The number of amides is 2. The van der Waals surface area contributed by atoms with Gasteiger partial charge in [-0.2, -0.15) is 0 Å². The van der Waals surface area contributed by atoms with Crippen molar-refractivity contribution in [1.29, 1.82) is 0 Å². The minimum Gasteiger partial charge on any atom is -0.443 e. The summed E-state index contributed by atoms with van der Waals surface area (Å²) in [6, 6.07) is 16.6. The van der Waals surface area contributed by atoms with Gasteiger partial charge in [0.25, 0.3) is 0 Å². The number of fused-ring (bicyclic) bond motifs is 7. The van der Waals surface area contributed by atoms with Crippen molar-refractivity contribution in [1.82, 2.24) is 9.80 Å². The Labute approximate surface area is 237 Å². The Hall–Kier alpha value is -3.10. The van der Waals surface area contributed by atoms with E-state index in [1.54, 1.807) is 0 Å². The van der Waals surface area contributed by atoms with E-state index in [2.05, 4.69) is 48.2 Å². The summed E-state index contributed by atoms with van der Waals surface area (Å²) in [5.41, 5.74) is 1.88. The zero-order valence-corrected chi connectivity index (χ0v) is 25.0. The van der Waals surface area contributed by atoms with E-state index in [9.17, 15) is 9.59 Å². The molecule has 0 bridgehead atoms. The van der Waals surface area contributed by atoms with Gasteiger partial charge in [0, 0.05) is 23.9 Å². The lowest BCUT2D eigenvalue weighted by molar-refractivity contribution is 0.0431. The lowest BCUT2D eigenvalue weighted by Crippen LogP contribution is -2.64. The molecule has 0 saturated carbocycles. The first-order valence-electron chi connectivity index (χ1n) is 14.4. The Morgan fingerprint density at radius 1 is 0.675 bits per heavy atom. The molecule has 0 N–H and O–H groups in total. The first-order valence-corrected chi connectivity index (χ1v) is 14.4. The van der Waals surface area contributed by atoms with E-state index in [1.807, 2.05) is 75.6 Å². The third-order valence-electron chi connectivity index (χ3n) is 9.19. The number of hydrogen-bond donors (Lipinski definition) is 0. The molecule has 0 aromatic heterocycles. The second kappa shape index (κ2) is 8.70. The number of carbonyl (C=O) groups is 2. The Morgan fingerprint density at radius 2 is 1.02 bits per heavy atom. The maximum Gasteiger partial charge on any atom is 0.416 e. The second-order valence-electron chi connectivity index (χ2n) is 13.9. The number of carbonyl (C=O) groups excluding carboxylic acids is 2. The van der Waals surface area contributed by atoms with E-state index in [-0.39, 0.29) is 24.5 Å². The number of nitrogens with zero attached hydrogens (tertiary/aromatic N) is 4. The molecule has 2 amide bonds. The van der Waals surface area contributed by atoms with Gasteiger partial charge < -0.3 is 9.47 Å². The molecule has 0 aliphatic carbocycles. The second-order valence-corrected chi connectivity index (χ2v) is 13.9. The van der Waals surface area contributed by atoms with Crippen LogP contribution in [0.4, 0.5) is 21.0 Å². The molecule has 4 aliphatic rings. The van der Waals surface area contributed by atoms with Gasteiger partial charge in [-0.05, 0) is 91.7 Å². The minimum atomic E-state index is -0.629. The number of anilines is 2. The topological polar surface area (TPSA) is 65.6 Å². The van der Waals surface area contributed by atoms with E-state index < -0.39 is 22.0 Å². The summed E-state index contributed by atoms with van der Waals surface area (Å²) in [6.07, 6.45) is 0.502. The van der Waals surface area contributed by atoms with Gasteiger partial charge >= 0.3 is 12.2 Å². The van der Waals surface area contributed by atoms with Crippen molar-refractivity contribution in [2.24, 2.45) is 0 Å². The number of likely N-dealkylation sites (tertiary alicyclic amines) is 2. The van der Waals surface area contributed by atoms with Crippen molar-refractivity contribution in [3.05, 3.63) is 59.7 Å². The summed E-state index contributed by atoms with van der Waals surface area (Å²) in [6.45, 7) is 13.1. The normalized spacial score (nSPS) is 29.7. The summed E-state index contributed by atoms with van der Waals surface area (Å²) in [5, 5.41) is 0. The van der Waals surface area contributed by atoms with Crippen LogP contribution in [0, 0.1) is 0 Å². The molecule has 40 heavy (non-hydrogen) atoms. The first kappa shape index (κ1) is 27.1. The third-order valence-corrected chi connectivity index (χ3v) is 9.19. The Morgan fingerprint density at radius 3 is 1.38 bits per heavy atom. The molecule has 4 heterocycles. The fourth-order valence-corrected chi connectivity index (χ4v) is 8.13. The van der Waals surface area contributed by atoms with E-state index in [4.69, 9.17) is 9.47 Å². The van der Waals surface area contributed by atoms with Crippen molar-refractivity contribution in [3.8, 4) is 0 Å². The number of para-hydroxylation sites is 2. The molecule has 2 aromatic carbocycles. The maximum absolute atomic E-state index is 14.0. The Bertz CT molecular complexity index is 1260. The van der Waals surface area contributed by atoms with Crippen LogP contribution in [0.25, 0.3) is 0 Å². The van der Waals surface area contributed by atoms with Gasteiger partial charge in [0.2, 0.25) is 0 Å². The van der Waals surface area contributed by atoms with Crippen molar-refractivity contribution in [2.45, 2.75) is 88.7 Å². The zero-order chi connectivity index (χ0) is 28.8. The highest BCUT2D eigenvalue weighted by Gasteiger charge is 2.75. The molecule has 4 aliphatic heterocycles. The van der Waals surface area contributed by atoms with Gasteiger partial charge in [-0.3, -0.25) is 19.6 Å². The molecule has 0 spiro atoms. The lowest BCUT2D eigenvalue weighted by Gasteiger charge is -2.50. The monoisotopic (exact) mass is 546 g/mol. The number of hydrogen-bond acceptors (Lipinski definition) is 6. The van der Waals surface area contributed by atoms with Crippen molar-refractivity contribution in [3.63, 3.8) is 0 Å². The quantitative estimate of drug-likeness (QED) is 0.458. The minimum absolute atomic E-state index is 0.264. The van der Waals surface area contributed by atoms with Crippen LogP contribution in [0.2, 0.25) is 0 Å². The van der Waals surface area contributed by atoms with Gasteiger partial charge in [0.15, 0.2) is 0 Å². The molecule has 214 valence electrons. The number of benzene rings is 2. The Balaban J connectivity index is 1.60. The first-order chi connectivity index (χ1) is 18.7. The fraction of sp³-hybridized carbons (Fsp3) is 0.562. The number of rotatable bonds is 1. The maximum atomic E-state index is 14.0. The standard InChI is InChI=1S/C32H42N4O4/c1-29(2,3)39-27(37)35-23-15-11-9-13-21(23)31(17-19-33(7)25(31)35)32-18-20-34(8)26(32)36(28(38)40-30(4,5)6)24-16-12-10-14-22(24)32/h9-16,25-26H,17-20H2,1-8H3/t25-,26+,31-,32+. The van der Waals surface area contributed by atoms with Crippen LogP contribution in [0.5, 0.6) is 0 Å². The number of likely N-dealkylation sites (N-methyl/N-ethyl adjacent to an activating group) is 2. The van der Waals surface area contributed by atoms with Crippen LogP contribution in [0.3, 0.4) is 0 Å². The van der Waals surface area contributed by atoms with Crippen LogP contribution in [-0.4, -0.2) is 72.7 Å². The van der Waals surface area contributed by atoms with Crippen LogP contribution < -0.4 is 9.80 Å². The van der Waals surface area contributed by atoms with Crippen LogP contribution in [0.1, 0.15) is 65.5 Å². The zero-order valence-electron chi connectivity index (χ0n) is 25.0. The molecule has 2 aromatic rings. The van der Waals surface area contributed by atoms with E-state index in [0.29, 0.717) is 0 Å². The molecular formula is C32H42N4O4. The predicted octanol–water partition coefficient (Wildman–Crippen LogP) is 5.70. The summed E-state index contributed by atoms with van der Waals surface area (Å²) in [5.74, 6) is 0.